The fourth-order valence-corrected chi connectivity index (χ4v) is 0.559. The van der Waals surface area contributed by atoms with Crippen LogP contribution in [0.4, 0.5) is 0 Å². The van der Waals surface area contributed by atoms with Crippen molar-refractivity contribution >= 4 is 5.97 Å². The Labute approximate surface area is 78.8 Å². The van der Waals surface area contributed by atoms with Crippen molar-refractivity contribution in [2.75, 3.05) is 7.11 Å². The number of esters is 1. The summed E-state index contributed by atoms with van der Waals surface area (Å²) in [5.41, 5.74) is 0.433. The summed E-state index contributed by atoms with van der Waals surface area (Å²) >= 11 is 0. The first-order chi connectivity index (χ1) is 6.18. The monoisotopic (exact) mass is 178 g/mol. The van der Waals surface area contributed by atoms with Gasteiger partial charge in [0.1, 0.15) is 0 Å². The van der Waals surface area contributed by atoms with Crippen LogP contribution in [-0.4, -0.2) is 13.1 Å². The summed E-state index contributed by atoms with van der Waals surface area (Å²) in [6, 6.07) is 12.0. The Morgan fingerprint density at radius 1 is 1.08 bits per heavy atom. The SMILES string of the molecule is C=C(C)C(=O)OC.c1ccccc1. The molecule has 0 bridgehead atoms. The van der Waals surface area contributed by atoms with Gasteiger partial charge in [0.2, 0.25) is 0 Å². The number of methoxy groups -OCH3 is 1. The topological polar surface area (TPSA) is 26.3 Å². The molecule has 1 rings (SSSR count). The first-order valence-corrected chi connectivity index (χ1v) is 3.92. The predicted molar refractivity (Wildman–Crippen MR) is 53.3 cm³/mol. The minimum absolute atomic E-state index is 0.347. The first-order valence-electron chi connectivity index (χ1n) is 3.92. The molecule has 0 fully saturated rings. The van der Waals surface area contributed by atoms with E-state index in [4.69, 9.17) is 0 Å². The van der Waals surface area contributed by atoms with Crippen LogP contribution in [0.15, 0.2) is 48.6 Å². The first kappa shape index (κ1) is 11.4. The van der Waals surface area contributed by atoms with Crippen molar-refractivity contribution in [1.29, 1.82) is 0 Å². The molecule has 0 atom stereocenters. The van der Waals surface area contributed by atoms with E-state index >= 15 is 0 Å². The third-order valence-electron chi connectivity index (χ3n) is 1.20. The normalized spacial score (nSPS) is 7.85. The molecule has 0 saturated carbocycles. The summed E-state index contributed by atoms with van der Waals surface area (Å²) in [5, 5.41) is 0. The fraction of sp³-hybridized carbons (Fsp3) is 0.182. The molecular weight excluding hydrogens is 164 g/mol. The van der Waals surface area contributed by atoms with E-state index in [1.54, 1.807) is 6.92 Å². The van der Waals surface area contributed by atoms with Crippen LogP contribution in [0.25, 0.3) is 0 Å². The average molecular weight is 178 g/mol. The third kappa shape index (κ3) is 6.81. The van der Waals surface area contributed by atoms with E-state index in [-0.39, 0.29) is 5.97 Å². The highest BCUT2D eigenvalue weighted by atomic mass is 16.5. The number of benzene rings is 1. The van der Waals surface area contributed by atoms with Crippen molar-refractivity contribution in [3.63, 3.8) is 0 Å². The maximum absolute atomic E-state index is 10.2. The van der Waals surface area contributed by atoms with Crippen LogP contribution in [0, 0.1) is 0 Å². The molecule has 0 spiro atoms. The van der Waals surface area contributed by atoms with Crippen molar-refractivity contribution in [2.45, 2.75) is 6.92 Å². The van der Waals surface area contributed by atoms with Crippen molar-refractivity contribution in [3.8, 4) is 0 Å². The van der Waals surface area contributed by atoms with Crippen molar-refractivity contribution in [2.24, 2.45) is 0 Å². The Morgan fingerprint density at radius 3 is 1.46 bits per heavy atom. The second-order valence-corrected chi connectivity index (χ2v) is 2.43. The molecule has 0 aliphatic carbocycles. The third-order valence-corrected chi connectivity index (χ3v) is 1.20. The molecule has 0 amide bonds. The van der Waals surface area contributed by atoms with E-state index in [2.05, 4.69) is 11.3 Å². The van der Waals surface area contributed by atoms with Gasteiger partial charge in [0.25, 0.3) is 0 Å². The van der Waals surface area contributed by atoms with Crippen LogP contribution >= 0.6 is 0 Å². The Morgan fingerprint density at radius 2 is 1.38 bits per heavy atom. The van der Waals surface area contributed by atoms with Crippen LogP contribution in [0.1, 0.15) is 6.92 Å². The molecule has 13 heavy (non-hydrogen) atoms. The molecule has 0 aromatic heterocycles. The molecule has 2 nitrogen and oxygen atoms in total. The quantitative estimate of drug-likeness (QED) is 0.487. The Bertz CT molecular complexity index is 225. The van der Waals surface area contributed by atoms with E-state index in [0.717, 1.165) is 0 Å². The summed E-state index contributed by atoms with van der Waals surface area (Å²) in [6.07, 6.45) is 0. The van der Waals surface area contributed by atoms with Crippen LogP contribution in [0.2, 0.25) is 0 Å². The van der Waals surface area contributed by atoms with Gasteiger partial charge in [0.15, 0.2) is 0 Å². The van der Waals surface area contributed by atoms with Gasteiger partial charge >= 0.3 is 5.97 Å². The highest BCUT2D eigenvalue weighted by molar-refractivity contribution is 5.86. The zero-order chi connectivity index (χ0) is 10.1. The second-order valence-electron chi connectivity index (χ2n) is 2.43. The summed E-state index contributed by atoms with van der Waals surface area (Å²) in [5.74, 6) is -0.347. The van der Waals surface area contributed by atoms with Crippen LogP contribution < -0.4 is 0 Å². The minimum atomic E-state index is -0.347. The molecule has 0 unspecified atom stereocenters. The molecule has 0 saturated heterocycles. The predicted octanol–water partition coefficient (Wildman–Crippen LogP) is 2.42. The zero-order valence-corrected chi connectivity index (χ0v) is 7.99. The summed E-state index contributed by atoms with van der Waals surface area (Å²) < 4.78 is 4.27. The second kappa shape index (κ2) is 7.10. The molecule has 2 heteroatoms. The van der Waals surface area contributed by atoms with Crippen molar-refractivity contribution in [1.82, 2.24) is 0 Å². The van der Waals surface area contributed by atoms with Crippen LogP contribution in [0.5, 0.6) is 0 Å². The average Bonchev–Trinajstić information content (AvgIpc) is 2.20. The number of ether oxygens (including phenoxy) is 1. The van der Waals surface area contributed by atoms with E-state index in [1.807, 2.05) is 36.4 Å². The number of carbonyl (C=O) groups excluding carboxylic acids is 1. The van der Waals surface area contributed by atoms with Gasteiger partial charge in [-0.25, -0.2) is 4.79 Å². The molecule has 1 aromatic carbocycles. The maximum Gasteiger partial charge on any atom is 0.332 e. The van der Waals surface area contributed by atoms with Gasteiger partial charge in [-0.2, -0.15) is 0 Å². The minimum Gasteiger partial charge on any atom is -0.466 e. The lowest BCUT2D eigenvalue weighted by Gasteiger charge is -1.91. The molecule has 0 aliphatic rings. The molecule has 70 valence electrons. The van der Waals surface area contributed by atoms with Gasteiger partial charge < -0.3 is 4.74 Å². The van der Waals surface area contributed by atoms with Gasteiger partial charge in [-0.05, 0) is 6.92 Å². The molecule has 1 aromatic rings. The lowest BCUT2D eigenvalue weighted by atomic mass is 10.4. The number of rotatable bonds is 1. The van der Waals surface area contributed by atoms with Crippen molar-refractivity contribution in [3.05, 3.63) is 48.6 Å². The lowest BCUT2D eigenvalue weighted by Crippen LogP contribution is -1.98. The fourth-order valence-electron chi connectivity index (χ4n) is 0.559. The summed E-state index contributed by atoms with van der Waals surface area (Å²) in [7, 11) is 1.33. The zero-order valence-electron chi connectivity index (χ0n) is 7.99. The Hall–Kier alpha value is -1.57. The van der Waals surface area contributed by atoms with Gasteiger partial charge in [-0.15, -0.1) is 0 Å². The summed E-state index contributed by atoms with van der Waals surface area (Å²) in [6.45, 7) is 4.95. The Balaban J connectivity index is 0.000000223. The van der Waals surface area contributed by atoms with Crippen LogP contribution in [-0.2, 0) is 9.53 Å². The smallest absolute Gasteiger partial charge is 0.332 e. The number of carbonyl (C=O) groups is 1. The largest absolute Gasteiger partial charge is 0.466 e. The van der Waals surface area contributed by atoms with Crippen LogP contribution in [0.3, 0.4) is 0 Å². The van der Waals surface area contributed by atoms with Crippen molar-refractivity contribution < 1.29 is 9.53 Å². The van der Waals surface area contributed by atoms with Gasteiger partial charge in [0, 0.05) is 5.57 Å². The number of hydrogen-bond acceptors (Lipinski definition) is 2. The molecular formula is C11H14O2. The highest BCUT2D eigenvalue weighted by Gasteiger charge is 1.95. The highest BCUT2D eigenvalue weighted by Crippen LogP contribution is 1.87. The summed E-state index contributed by atoms with van der Waals surface area (Å²) in [4.78, 5) is 10.2. The van der Waals surface area contributed by atoms with Gasteiger partial charge in [-0.3, -0.25) is 0 Å². The Kier molecular flexibility index (Phi) is 6.24. The van der Waals surface area contributed by atoms with E-state index in [9.17, 15) is 4.79 Å². The van der Waals surface area contributed by atoms with E-state index < -0.39 is 0 Å². The molecule has 0 heterocycles. The van der Waals surface area contributed by atoms with Gasteiger partial charge in [-0.1, -0.05) is 43.0 Å². The number of hydrogen-bond donors (Lipinski definition) is 0. The molecule has 0 aliphatic heterocycles. The lowest BCUT2D eigenvalue weighted by molar-refractivity contribution is -0.136. The maximum atomic E-state index is 10.2. The van der Waals surface area contributed by atoms with E-state index in [0.29, 0.717) is 5.57 Å². The van der Waals surface area contributed by atoms with E-state index in [1.165, 1.54) is 7.11 Å². The van der Waals surface area contributed by atoms with Gasteiger partial charge in [0.05, 0.1) is 7.11 Å². The standard InChI is InChI=1S/C6H6.C5H8O2/c1-2-4-6-5-3-1;1-4(2)5(6)7-3/h1-6H;1H2,2-3H3. The molecule has 0 N–H and O–H groups in total. The molecule has 0 radical (unpaired) electrons.